The van der Waals surface area contributed by atoms with E-state index in [0.717, 1.165) is 18.7 Å². The Kier molecular flexibility index (Phi) is 5.74. The number of nitrogens with two attached hydrogens (primary N) is 1. The lowest BCUT2D eigenvalue weighted by Gasteiger charge is -2.20. The van der Waals surface area contributed by atoms with E-state index in [9.17, 15) is 4.79 Å². The van der Waals surface area contributed by atoms with Gasteiger partial charge in [0.15, 0.2) is 0 Å². The van der Waals surface area contributed by atoms with Crippen LogP contribution in [0.25, 0.3) is 0 Å². The predicted molar refractivity (Wildman–Crippen MR) is 95.9 cm³/mol. The molecule has 3 N–H and O–H groups in total. The van der Waals surface area contributed by atoms with Crippen molar-refractivity contribution in [3.8, 4) is 0 Å². The van der Waals surface area contributed by atoms with Gasteiger partial charge in [0, 0.05) is 30.0 Å². The zero-order chi connectivity index (χ0) is 16.7. The van der Waals surface area contributed by atoms with E-state index >= 15 is 0 Å². The van der Waals surface area contributed by atoms with Crippen LogP contribution >= 0.6 is 0 Å². The largest absolute Gasteiger partial charge is 0.399 e. The summed E-state index contributed by atoms with van der Waals surface area (Å²) in [6, 6.07) is 14.8. The first kappa shape index (κ1) is 16.5. The molecule has 0 aliphatic heterocycles. The van der Waals surface area contributed by atoms with Gasteiger partial charge in [0.05, 0.1) is 6.21 Å². The van der Waals surface area contributed by atoms with Crippen molar-refractivity contribution in [3.63, 3.8) is 0 Å². The van der Waals surface area contributed by atoms with Crippen molar-refractivity contribution in [1.29, 1.82) is 0 Å². The molecule has 0 fully saturated rings. The third-order valence-corrected chi connectivity index (χ3v) is 3.57. The maximum atomic E-state index is 11.9. The highest BCUT2D eigenvalue weighted by Gasteiger charge is 2.03. The van der Waals surface area contributed by atoms with Gasteiger partial charge in [0.2, 0.25) is 0 Å². The van der Waals surface area contributed by atoms with Gasteiger partial charge in [-0.05, 0) is 55.8 Å². The molecule has 5 heteroatoms. The lowest BCUT2D eigenvalue weighted by Crippen LogP contribution is -2.21. The van der Waals surface area contributed by atoms with Crippen LogP contribution in [0.15, 0.2) is 53.6 Å². The topological polar surface area (TPSA) is 70.7 Å². The predicted octanol–water partition coefficient (Wildman–Crippen LogP) is 2.88. The van der Waals surface area contributed by atoms with Crippen molar-refractivity contribution in [3.05, 3.63) is 59.7 Å². The van der Waals surface area contributed by atoms with E-state index in [2.05, 4.69) is 41.4 Å². The van der Waals surface area contributed by atoms with Crippen LogP contribution in [0, 0.1) is 0 Å². The van der Waals surface area contributed by atoms with Crippen LogP contribution in [0.1, 0.15) is 29.8 Å². The van der Waals surface area contributed by atoms with Gasteiger partial charge in [0.1, 0.15) is 0 Å². The van der Waals surface area contributed by atoms with Gasteiger partial charge in [-0.3, -0.25) is 4.79 Å². The van der Waals surface area contributed by atoms with E-state index in [1.807, 2.05) is 12.1 Å². The molecule has 0 heterocycles. The zero-order valence-electron chi connectivity index (χ0n) is 13.5. The van der Waals surface area contributed by atoms with Gasteiger partial charge >= 0.3 is 0 Å². The van der Waals surface area contributed by atoms with Crippen molar-refractivity contribution >= 4 is 23.5 Å². The van der Waals surface area contributed by atoms with E-state index in [1.165, 1.54) is 5.69 Å². The average molecular weight is 310 g/mol. The summed E-state index contributed by atoms with van der Waals surface area (Å²) in [6.07, 6.45) is 1.63. The fourth-order valence-corrected chi connectivity index (χ4v) is 2.22. The monoisotopic (exact) mass is 310 g/mol. The van der Waals surface area contributed by atoms with Gasteiger partial charge in [-0.2, -0.15) is 5.10 Å². The summed E-state index contributed by atoms with van der Waals surface area (Å²) in [7, 11) is 0. The van der Waals surface area contributed by atoms with Gasteiger partial charge in [-0.15, -0.1) is 0 Å². The van der Waals surface area contributed by atoms with Crippen molar-refractivity contribution in [2.24, 2.45) is 5.10 Å². The average Bonchev–Trinajstić information content (AvgIpc) is 2.58. The number of anilines is 2. The Labute approximate surface area is 136 Å². The number of hydrazone groups is 1. The minimum atomic E-state index is -0.263. The van der Waals surface area contributed by atoms with Gasteiger partial charge in [0.25, 0.3) is 5.91 Å². The number of amides is 1. The summed E-state index contributed by atoms with van der Waals surface area (Å²) in [5, 5.41) is 3.99. The molecule has 0 aromatic heterocycles. The molecule has 0 atom stereocenters. The molecule has 5 nitrogen and oxygen atoms in total. The second-order valence-electron chi connectivity index (χ2n) is 5.08. The summed E-state index contributed by atoms with van der Waals surface area (Å²) in [5.74, 6) is -0.263. The number of carbonyl (C=O) groups is 1. The van der Waals surface area contributed by atoms with Crippen LogP contribution in [-0.2, 0) is 0 Å². The summed E-state index contributed by atoms with van der Waals surface area (Å²) in [5.41, 5.74) is 11.4. The molecule has 0 unspecified atom stereocenters. The minimum absolute atomic E-state index is 0.263. The quantitative estimate of drug-likeness (QED) is 0.489. The van der Waals surface area contributed by atoms with E-state index in [0.29, 0.717) is 11.3 Å². The van der Waals surface area contributed by atoms with Gasteiger partial charge < -0.3 is 10.6 Å². The van der Waals surface area contributed by atoms with Crippen molar-refractivity contribution in [2.45, 2.75) is 13.8 Å². The first-order valence-corrected chi connectivity index (χ1v) is 7.68. The Bertz CT molecular complexity index is 658. The Hall–Kier alpha value is -2.82. The molecule has 2 rings (SSSR count). The molecular weight excluding hydrogens is 288 g/mol. The number of hydrogen-bond donors (Lipinski definition) is 2. The molecule has 0 saturated carbocycles. The molecule has 0 saturated heterocycles. The van der Waals surface area contributed by atoms with Crippen LogP contribution in [-0.4, -0.2) is 25.2 Å². The number of carbonyl (C=O) groups excluding carboxylic acids is 1. The van der Waals surface area contributed by atoms with Gasteiger partial charge in [-0.25, -0.2) is 5.43 Å². The Morgan fingerprint density at radius 3 is 2.26 bits per heavy atom. The molecule has 0 bridgehead atoms. The Morgan fingerprint density at radius 2 is 1.70 bits per heavy atom. The molecule has 0 aliphatic rings. The molecule has 2 aromatic rings. The number of benzene rings is 2. The Morgan fingerprint density at radius 1 is 1.09 bits per heavy atom. The third-order valence-electron chi connectivity index (χ3n) is 3.57. The number of nitrogens with one attached hydrogen (secondary N) is 1. The SMILES string of the molecule is CCN(CC)c1ccc(C=NNC(=O)c2ccc(N)cc2)cc1. The van der Waals surface area contributed by atoms with Crippen molar-refractivity contribution in [2.75, 3.05) is 23.7 Å². The maximum Gasteiger partial charge on any atom is 0.271 e. The van der Waals surface area contributed by atoms with E-state index in [4.69, 9.17) is 5.73 Å². The fourth-order valence-electron chi connectivity index (χ4n) is 2.22. The van der Waals surface area contributed by atoms with Gasteiger partial charge in [-0.1, -0.05) is 12.1 Å². The first-order valence-electron chi connectivity index (χ1n) is 7.68. The van der Waals surface area contributed by atoms with Crippen molar-refractivity contribution < 1.29 is 4.79 Å². The van der Waals surface area contributed by atoms with E-state index in [1.54, 1.807) is 30.5 Å². The number of rotatable bonds is 6. The number of nitrogens with zero attached hydrogens (tertiary/aromatic N) is 2. The van der Waals surface area contributed by atoms with Crippen LogP contribution in [0.3, 0.4) is 0 Å². The minimum Gasteiger partial charge on any atom is -0.399 e. The third kappa shape index (κ3) is 4.57. The normalized spacial score (nSPS) is 10.7. The first-order chi connectivity index (χ1) is 11.1. The molecule has 0 aliphatic carbocycles. The molecule has 23 heavy (non-hydrogen) atoms. The van der Waals surface area contributed by atoms with E-state index < -0.39 is 0 Å². The second kappa shape index (κ2) is 7.98. The van der Waals surface area contributed by atoms with Crippen LogP contribution in [0.2, 0.25) is 0 Å². The van der Waals surface area contributed by atoms with Crippen molar-refractivity contribution in [1.82, 2.24) is 5.43 Å². The fraction of sp³-hybridized carbons (Fsp3) is 0.222. The summed E-state index contributed by atoms with van der Waals surface area (Å²) in [4.78, 5) is 14.2. The smallest absolute Gasteiger partial charge is 0.271 e. The molecule has 2 aromatic carbocycles. The summed E-state index contributed by atoms with van der Waals surface area (Å²) in [6.45, 7) is 6.21. The highest BCUT2D eigenvalue weighted by Crippen LogP contribution is 2.14. The lowest BCUT2D eigenvalue weighted by molar-refractivity contribution is 0.0955. The number of hydrogen-bond acceptors (Lipinski definition) is 4. The zero-order valence-corrected chi connectivity index (χ0v) is 13.5. The second-order valence-corrected chi connectivity index (χ2v) is 5.08. The van der Waals surface area contributed by atoms with E-state index in [-0.39, 0.29) is 5.91 Å². The molecule has 120 valence electrons. The molecule has 0 radical (unpaired) electrons. The molecule has 0 spiro atoms. The maximum absolute atomic E-state index is 11.9. The summed E-state index contributed by atoms with van der Waals surface area (Å²) < 4.78 is 0. The van der Waals surface area contributed by atoms with Crippen LogP contribution in [0.5, 0.6) is 0 Å². The highest BCUT2D eigenvalue weighted by molar-refractivity contribution is 5.95. The molecular formula is C18H22N4O. The highest BCUT2D eigenvalue weighted by atomic mass is 16.2. The van der Waals surface area contributed by atoms with Crippen LogP contribution in [0.4, 0.5) is 11.4 Å². The number of nitrogen functional groups attached to an aromatic ring is 1. The summed E-state index contributed by atoms with van der Waals surface area (Å²) >= 11 is 0. The molecule has 1 amide bonds. The standard InChI is InChI=1S/C18H22N4O/c1-3-22(4-2)17-11-5-14(6-12-17)13-20-21-18(23)15-7-9-16(19)10-8-15/h5-13H,3-4,19H2,1-2H3,(H,21,23). The Balaban J connectivity index is 1.95. The van der Waals surface area contributed by atoms with Crippen LogP contribution < -0.4 is 16.1 Å². The lowest BCUT2D eigenvalue weighted by atomic mass is 10.2.